The Morgan fingerprint density at radius 1 is 1.56 bits per heavy atom. The third-order valence-corrected chi connectivity index (χ3v) is 3.95. The summed E-state index contributed by atoms with van der Waals surface area (Å²) in [7, 11) is 0. The minimum Gasteiger partial charge on any atom is -0.395 e. The number of thioether (sulfide) groups is 1. The van der Waals surface area contributed by atoms with Crippen LogP contribution >= 0.6 is 11.8 Å². The number of aliphatic hydroxyl groups excluding tert-OH is 1. The van der Waals surface area contributed by atoms with Gasteiger partial charge in [0.05, 0.1) is 6.61 Å². The predicted octanol–water partition coefficient (Wildman–Crippen LogP) is 1.31. The maximum Gasteiger partial charge on any atom is 0.269 e. The fraction of sp³-hybridized carbons (Fsp3) is 0.667. The lowest BCUT2D eigenvalue weighted by Gasteiger charge is -2.21. The van der Waals surface area contributed by atoms with E-state index in [4.69, 9.17) is 0 Å². The largest absolute Gasteiger partial charge is 0.395 e. The van der Waals surface area contributed by atoms with Crippen LogP contribution in [0.1, 0.15) is 37.3 Å². The molecular weight excluding hydrogens is 250 g/mol. The van der Waals surface area contributed by atoms with Crippen LogP contribution < -0.4 is 5.32 Å². The van der Waals surface area contributed by atoms with Gasteiger partial charge in [-0.15, -0.1) is 0 Å². The highest BCUT2D eigenvalue weighted by molar-refractivity contribution is 7.99. The highest BCUT2D eigenvalue weighted by Gasteiger charge is 2.20. The minimum atomic E-state index is -0.152. The van der Waals surface area contributed by atoms with Gasteiger partial charge in [0.15, 0.2) is 0 Å². The number of nitrogens with zero attached hydrogens (tertiary/aromatic N) is 2. The number of nitrogens with one attached hydrogen (secondary N) is 1. The summed E-state index contributed by atoms with van der Waals surface area (Å²) in [6.07, 6.45) is 3.54. The zero-order valence-electron chi connectivity index (χ0n) is 11.3. The van der Waals surface area contributed by atoms with Crippen molar-refractivity contribution in [2.75, 3.05) is 12.9 Å². The van der Waals surface area contributed by atoms with Gasteiger partial charge in [-0.3, -0.25) is 9.48 Å². The van der Waals surface area contributed by atoms with E-state index in [2.05, 4.69) is 10.4 Å². The monoisotopic (exact) mass is 271 g/mol. The van der Waals surface area contributed by atoms with Gasteiger partial charge in [0.25, 0.3) is 5.91 Å². The number of aromatic nitrogens is 2. The molecule has 5 nitrogen and oxygen atoms in total. The summed E-state index contributed by atoms with van der Waals surface area (Å²) in [6, 6.07) is 1.76. The molecule has 1 amide bonds. The molecule has 0 aliphatic heterocycles. The van der Waals surface area contributed by atoms with E-state index in [1.54, 1.807) is 28.7 Å². The second kappa shape index (κ2) is 6.80. The van der Waals surface area contributed by atoms with Gasteiger partial charge in [0, 0.05) is 23.5 Å². The first-order valence-corrected chi connectivity index (χ1v) is 7.28. The molecule has 102 valence electrons. The molecule has 1 heterocycles. The summed E-state index contributed by atoms with van der Waals surface area (Å²) in [5.41, 5.74) is 0.551. The maximum absolute atomic E-state index is 12.1. The Labute approximate surface area is 112 Å². The van der Waals surface area contributed by atoms with E-state index in [-0.39, 0.29) is 29.8 Å². The molecule has 1 aromatic rings. The van der Waals surface area contributed by atoms with Crippen molar-refractivity contribution in [3.8, 4) is 0 Å². The number of hydrogen-bond acceptors (Lipinski definition) is 4. The van der Waals surface area contributed by atoms with Crippen LogP contribution in [0.2, 0.25) is 0 Å². The van der Waals surface area contributed by atoms with Gasteiger partial charge >= 0.3 is 0 Å². The average molecular weight is 271 g/mol. The van der Waals surface area contributed by atoms with E-state index in [0.717, 1.165) is 0 Å². The number of aliphatic hydroxyl groups is 1. The van der Waals surface area contributed by atoms with Crippen LogP contribution in [0, 0.1) is 0 Å². The molecule has 0 aromatic carbocycles. The quantitative estimate of drug-likeness (QED) is 0.818. The second-order valence-corrected chi connectivity index (χ2v) is 5.55. The van der Waals surface area contributed by atoms with E-state index in [0.29, 0.717) is 5.69 Å². The van der Waals surface area contributed by atoms with E-state index in [1.165, 1.54) is 0 Å². The Morgan fingerprint density at radius 3 is 2.72 bits per heavy atom. The molecule has 1 rings (SSSR count). The highest BCUT2D eigenvalue weighted by atomic mass is 32.2. The van der Waals surface area contributed by atoms with Gasteiger partial charge in [-0.2, -0.15) is 16.9 Å². The maximum atomic E-state index is 12.1. The van der Waals surface area contributed by atoms with Crippen LogP contribution in [0.15, 0.2) is 12.3 Å². The third-order valence-electron chi connectivity index (χ3n) is 2.79. The molecule has 0 bridgehead atoms. The Bertz CT molecular complexity index is 388. The van der Waals surface area contributed by atoms with Crippen molar-refractivity contribution in [1.82, 2.24) is 15.1 Å². The smallest absolute Gasteiger partial charge is 0.269 e. The number of carbonyl (C=O) groups excluding carboxylic acids is 1. The molecule has 2 atom stereocenters. The molecule has 0 saturated carbocycles. The van der Waals surface area contributed by atoms with Crippen LogP contribution in [0.5, 0.6) is 0 Å². The molecule has 6 heteroatoms. The van der Waals surface area contributed by atoms with Gasteiger partial charge < -0.3 is 10.4 Å². The van der Waals surface area contributed by atoms with E-state index in [9.17, 15) is 9.90 Å². The van der Waals surface area contributed by atoms with Crippen molar-refractivity contribution < 1.29 is 9.90 Å². The Kier molecular flexibility index (Phi) is 5.68. The van der Waals surface area contributed by atoms with Crippen molar-refractivity contribution in [2.24, 2.45) is 0 Å². The van der Waals surface area contributed by atoms with Crippen molar-refractivity contribution in [2.45, 2.75) is 38.1 Å². The van der Waals surface area contributed by atoms with Gasteiger partial charge in [0.1, 0.15) is 5.69 Å². The average Bonchev–Trinajstić information content (AvgIpc) is 2.79. The van der Waals surface area contributed by atoms with Gasteiger partial charge in [0.2, 0.25) is 0 Å². The molecular formula is C12H21N3O2S. The summed E-state index contributed by atoms with van der Waals surface area (Å²) in [5.74, 6) is -0.152. The number of carbonyl (C=O) groups is 1. The molecule has 0 spiro atoms. The Balaban J connectivity index is 2.73. The number of amides is 1. The predicted molar refractivity (Wildman–Crippen MR) is 73.9 cm³/mol. The van der Waals surface area contributed by atoms with Gasteiger partial charge in [-0.05, 0) is 33.1 Å². The molecule has 0 aliphatic rings. The molecule has 1 aromatic heterocycles. The third kappa shape index (κ3) is 3.49. The van der Waals surface area contributed by atoms with E-state index >= 15 is 0 Å². The van der Waals surface area contributed by atoms with Gasteiger partial charge in [-0.25, -0.2) is 0 Å². The molecule has 0 fully saturated rings. The van der Waals surface area contributed by atoms with E-state index < -0.39 is 0 Å². The van der Waals surface area contributed by atoms with Crippen LogP contribution in [-0.2, 0) is 0 Å². The topological polar surface area (TPSA) is 67.2 Å². The van der Waals surface area contributed by atoms with E-state index in [1.807, 2.05) is 27.0 Å². The Morgan fingerprint density at radius 2 is 2.22 bits per heavy atom. The second-order valence-electron chi connectivity index (χ2n) is 4.47. The standard InChI is InChI=1S/C12H21N3O2S/c1-8(2)15-10(5-6-13-15)12(17)14-9(3)11(7-16)18-4/h5-6,8-9,11,16H,7H2,1-4H3,(H,14,17). The summed E-state index contributed by atoms with van der Waals surface area (Å²) in [5, 5.41) is 16.2. The first-order valence-electron chi connectivity index (χ1n) is 5.99. The van der Waals surface area contributed by atoms with Crippen LogP contribution in [-0.4, -0.2) is 44.9 Å². The zero-order valence-corrected chi connectivity index (χ0v) is 12.1. The lowest BCUT2D eigenvalue weighted by atomic mass is 10.2. The fourth-order valence-electron chi connectivity index (χ4n) is 1.72. The molecule has 0 radical (unpaired) electrons. The Hall–Kier alpha value is -1.01. The first kappa shape index (κ1) is 15.0. The normalized spacial score (nSPS) is 14.6. The van der Waals surface area contributed by atoms with Crippen molar-refractivity contribution in [1.29, 1.82) is 0 Å². The zero-order chi connectivity index (χ0) is 13.7. The first-order chi connectivity index (χ1) is 8.51. The SMILES string of the molecule is CSC(CO)C(C)NC(=O)c1ccnn1C(C)C. The summed E-state index contributed by atoms with van der Waals surface area (Å²) >= 11 is 1.54. The van der Waals surface area contributed by atoms with Crippen LogP contribution in [0.25, 0.3) is 0 Å². The highest BCUT2D eigenvalue weighted by Crippen LogP contribution is 2.12. The van der Waals surface area contributed by atoms with Crippen LogP contribution in [0.3, 0.4) is 0 Å². The minimum absolute atomic E-state index is 0.00405. The number of rotatable bonds is 6. The molecule has 2 unspecified atom stereocenters. The van der Waals surface area contributed by atoms with Gasteiger partial charge in [-0.1, -0.05) is 0 Å². The number of hydrogen-bond donors (Lipinski definition) is 2. The molecule has 0 saturated heterocycles. The van der Waals surface area contributed by atoms with Crippen molar-refractivity contribution in [3.63, 3.8) is 0 Å². The van der Waals surface area contributed by atoms with Crippen molar-refractivity contribution in [3.05, 3.63) is 18.0 Å². The molecule has 0 aliphatic carbocycles. The lowest BCUT2D eigenvalue weighted by molar-refractivity contribution is 0.0923. The molecule has 2 N–H and O–H groups in total. The summed E-state index contributed by atoms with van der Waals surface area (Å²) < 4.78 is 1.69. The summed E-state index contributed by atoms with van der Waals surface area (Å²) in [6.45, 7) is 5.90. The fourth-order valence-corrected chi connectivity index (χ4v) is 2.34. The lowest BCUT2D eigenvalue weighted by Crippen LogP contribution is -2.42. The van der Waals surface area contributed by atoms with Crippen LogP contribution in [0.4, 0.5) is 0 Å². The summed E-state index contributed by atoms with van der Waals surface area (Å²) in [4.78, 5) is 12.1. The molecule has 18 heavy (non-hydrogen) atoms. The van der Waals surface area contributed by atoms with Crippen molar-refractivity contribution >= 4 is 17.7 Å².